The molecule has 2 aromatic heterocycles. The second-order valence-electron chi connectivity index (χ2n) is 11.5. The molecule has 2 N–H and O–H groups in total. The van der Waals surface area contributed by atoms with Crippen LogP contribution in [0.15, 0.2) is 82.3 Å². The summed E-state index contributed by atoms with van der Waals surface area (Å²) in [5.74, 6) is 0.768. The van der Waals surface area contributed by atoms with E-state index in [1.54, 1.807) is 6.21 Å². The molecule has 5 nitrogen and oxygen atoms in total. The van der Waals surface area contributed by atoms with Gasteiger partial charge in [-0.05, 0) is 52.8 Å². The summed E-state index contributed by atoms with van der Waals surface area (Å²) >= 11 is 0. The molecule has 5 aromatic rings. The van der Waals surface area contributed by atoms with E-state index in [1.165, 1.54) is 0 Å². The van der Waals surface area contributed by atoms with Crippen molar-refractivity contribution in [1.29, 1.82) is 0 Å². The highest BCUT2D eigenvalue weighted by atomic mass is 16.3. The summed E-state index contributed by atoms with van der Waals surface area (Å²) in [6.45, 7) is 12.9. The maximum atomic E-state index is 11.2. The fourth-order valence-electron chi connectivity index (χ4n) is 4.45. The fraction of sp³-hybridized carbons (Fsp3) is 0.250. The van der Waals surface area contributed by atoms with Gasteiger partial charge in [0, 0.05) is 34.8 Å². The molecule has 37 heavy (non-hydrogen) atoms. The van der Waals surface area contributed by atoms with Crippen molar-refractivity contribution < 1.29 is 9.52 Å². The van der Waals surface area contributed by atoms with Gasteiger partial charge >= 0.3 is 0 Å². The van der Waals surface area contributed by atoms with E-state index < -0.39 is 0 Å². The molecule has 0 saturated heterocycles. The van der Waals surface area contributed by atoms with Crippen LogP contribution in [0.2, 0.25) is 0 Å². The molecule has 0 unspecified atom stereocenters. The van der Waals surface area contributed by atoms with E-state index in [1.807, 2.05) is 66.9 Å². The molecule has 0 spiro atoms. The Kier molecular flexibility index (Phi) is 6.03. The number of aliphatic imine (C=N–C) groups is 1. The third-order valence-corrected chi connectivity index (χ3v) is 6.60. The SMILES string of the molecule is CC(C)(C)c1cc(C=Nc2ccccc2-c2nc3c(-c4ccc[nH]4)cccc3o2)c(O)c(C(C)(C)C)c1. The lowest BCUT2D eigenvalue weighted by molar-refractivity contribution is 0.444. The van der Waals surface area contributed by atoms with Gasteiger partial charge in [0.25, 0.3) is 0 Å². The van der Waals surface area contributed by atoms with Crippen LogP contribution in [0, 0.1) is 0 Å². The molecule has 0 aliphatic rings. The average molecular weight is 492 g/mol. The number of phenols is 1. The molecule has 0 saturated carbocycles. The molecule has 5 heteroatoms. The lowest BCUT2D eigenvalue weighted by atomic mass is 9.79. The normalized spacial score (nSPS) is 12.6. The highest BCUT2D eigenvalue weighted by Crippen LogP contribution is 2.38. The first-order valence-electron chi connectivity index (χ1n) is 12.6. The highest BCUT2D eigenvalue weighted by Gasteiger charge is 2.24. The topological polar surface area (TPSA) is 74.4 Å². The minimum atomic E-state index is -0.207. The van der Waals surface area contributed by atoms with Gasteiger partial charge in [-0.3, -0.25) is 4.99 Å². The molecular weight excluding hydrogens is 458 g/mol. The van der Waals surface area contributed by atoms with Crippen LogP contribution < -0.4 is 0 Å². The fourth-order valence-corrected chi connectivity index (χ4v) is 4.45. The summed E-state index contributed by atoms with van der Waals surface area (Å²) in [7, 11) is 0. The lowest BCUT2D eigenvalue weighted by Gasteiger charge is -2.27. The number of nitrogens with one attached hydrogen (secondary N) is 1. The quantitative estimate of drug-likeness (QED) is 0.247. The monoisotopic (exact) mass is 491 g/mol. The van der Waals surface area contributed by atoms with Crippen molar-refractivity contribution in [3.05, 3.63) is 89.6 Å². The lowest BCUT2D eigenvalue weighted by Crippen LogP contribution is -2.17. The number of oxazole rings is 1. The van der Waals surface area contributed by atoms with E-state index >= 15 is 0 Å². The number of fused-ring (bicyclic) bond motifs is 1. The first kappa shape index (κ1) is 24.6. The Hall–Kier alpha value is -4.12. The average Bonchev–Trinajstić information content (AvgIpc) is 3.52. The number of aromatic nitrogens is 2. The van der Waals surface area contributed by atoms with Crippen molar-refractivity contribution in [2.24, 2.45) is 4.99 Å². The van der Waals surface area contributed by atoms with Gasteiger partial charge in [-0.2, -0.15) is 0 Å². The van der Waals surface area contributed by atoms with Crippen LogP contribution in [0.25, 0.3) is 33.8 Å². The van der Waals surface area contributed by atoms with E-state index in [9.17, 15) is 5.11 Å². The summed E-state index contributed by atoms with van der Waals surface area (Å²) in [5, 5.41) is 11.2. The predicted octanol–water partition coefficient (Wildman–Crippen LogP) is 8.54. The van der Waals surface area contributed by atoms with Crippen molar-refractivity contribution in [2.75, 3.05) is 0 Å². The van der Waals surface area contributed by atoms with Crippen molar-refractivity contribution >= 4 is 23.0 Å². The minimum absolute atomic E-state index is 0.0662. The zero-order valence-corrected chi connectivity index (χ0v) is 22.3. The number of hydrogen-bond donors (Lipinski definition) is 2. The number of benzene rings is 3. The van der Waals surface area contributed by atoms with Gasteiger partial charge in [-0.15, -0.1) is 0 Å². The second-order valence-corrected chi connectivity index (χ2v) is 11.5. The summed E-state index contributed by atoms with van der Waals surface area (Å²) in [4.78, 5) is 12.9. The van der Waals surface area contributed by atoms with E-state index in [0.717, 1.165) is 33.5 Å². The molecule has 0 radical (unpaired) electrons. The van der Waals surface area contributed by atoms with Crippen LogP contribution in [-0.4, -0.2) is 21.3 Å². The molecule has 0 aliphatic heterocycles. The van der Waals surface area contributed by atoms with Crippen molar-refractivity contribution in [3.63, 3.8) is 0 Å². The Balaban J connectivity index is 1.59. The number of nitrogens with zero attached hydrogens (tertiary/aromatic N) is 2. The summed E-state index contributed by atoms with van der Waals surface area (Å²) in [6.07, 6.45) is 3.64. The molecule has 5 rings (SSSR count). The number of aromatic hydroxyl groups is 1. The van der Waals surface area contributed by atoms with Crippen LogP contribution in [0.1, 0.15) is 58.2 Å². The van der Waals surface area contributed by atoms with E-state index in [0.29, 0.717) is 22.7 Å². The van der Waals surface area contributed by atoms with Crippen molar-refractivity contribution in [1.82, 2.24) is 9.97 Å². The number of aromatic amines is 1. The third kappa shape index (κ3) is 4.82. The Labute approximate surface area is 217 Å². The summed E-state index contributed by atoms with van der Waals surface area (Å²) < 4.78 is 6.19. The zero-order chi connectivity index (χ0) is 26.4. The van der Waals surface area contributed by atoms with Gasteiger partial charge < -0.3 is 14.5 Å². The first-order valence-corrected chi connectivity index (χ1v) is 12.6. The summed E-state index contributed by atoms with van der Waals surface area (Å²) in [5.41, 5.74) is 7.46. The molecule has 0 amide bonds. The number of phenolic OH excluding ortho intramolecular Hbond substituents is 1. The number of hydrogen-bond acceptors (Lipinski definition) is 4. The van der Waals surface area contributed by atoms with Gasteiger partial charge in [0.2, 0.25) is 5.89 Å². The molecule has 3 aromatic carbocycles. The van der Waals surface area contributed by atoms with Gasteiger partial charge in [0.05, 0.1) is 11.3 Å². The Morgan fingerprint density at radius 3 is 2.32 bits per heavy atom. The van der Waals surface area contributed by atoms with Gasteiger partial charge in [0.1, 0.15) is 11.3 Å². The minimum Gasteiger partial charge on any atom is -0.507 e. The van der Waals surface area contributed by atoms with Crippen molar-refractivity contribution in [2.45, 2.75) is 52.4 Å². The first-order chi connectivity index (χ1) is 17.5. The van der Waals surface area contributed by atoms with Crippen LogP contribution in [0.4, 0.5) is 5.69 Å². The van der Waals surface area contributed by atoms with Crippen molar-refractivity contribution in [3.8, 4) is 28.5 Å². The number of H-pyrrole nitrogens is 1. The Morgan fingerprint density at radius 2 is 1.62 bits per heavy atom. The largest absolute Gasteiger partial charge is 0.507 e. The third-order valence-electron chi connectivity index (χ3n) is 6.60. The van der Waals surface area contributed by atoms with E-state index in [2.05, 4.69) is 52.6 Å². The van der Waals surface area contributed by atoms with Gasteiger partial charge in [-0.25, -0.2) is 4.98 Å². The molecule has 188 valence electrons. The molecule has 0 aliphatic carbocycles. The van der Waals surface area contributed by atoms with Gasteiger partial charge in [-0.1, -0.05) is 71.9 Å². The van der Waals surface area contributed by atoms with Crippen LogP contribution >= 0.6 is 0 Å². The molecule has 0 atom stereocenters. The maximum Gasteiger partial charge on any atom is 0.229 e. The van der Waals surface area contributed by atoms with Gasteiger partial charge in [0.15, 0.2) is 5.58 Å². The molecule has 0 fully saturated rings. The summed E-state index contributed by atoms with van der Waals surface area (Å²) in [6, 6.07) is 21.8. The van der Waals surface area contributed by atoms with Crippen LogP contribution in [0.5, 0.6) is 5.75 Å². The molecule has 0 bridgehead atoms. The number of para-hydroxylation sites is 2. The predicted molar refractivity (Wildman–Crippen MR) is 152 cm³/mol. The maximum absolute atomic E-state index is 11.2. The van der Waals surface area contributed by atoms with E-state index in [-0.39, 0.29) is 16.6 Å². The smallest absolute Gasteiger partial charge is 0.229 e. The van der Waals surface area contributed by atoms with Crippen LogP contribution in [0.3, 0.4) is 0 Å². The van der Waals surface area contributed by atoms with E-state index in [4.69, 9.17) is 14.4 Å². The molecule has 2 heterocycles. The van der Waals surface area contributed by atoms with Crippen LogP contribution in [-0.2, 0) is 10.8 Å². The number of rotatable bonds is 4. The Bertz CT molecular complexity index is 1590. The Morgan fingerprint density at radius 1 is 0.865 bits per heavy atom. The standard InChI is InChI=1S/C32H33N3O2/c1-31(2,3)21-17-20(29(36)24(18-21)32(4,5)6)19-34-26-13-8-7-11-23(26)30-35-28-22(25-14-10-16-33-25)12-9-15-27(28)37-30/h7-19,33,36H,1-6H3. The highest BCUT2D eigenvalue weighted by molar-refractivity contribution is 5.92. The zero-order valence-electron chi connectivity index (χ0n) is 22.3. The second kappa shape index (κ2) is 9.07. The molecular formula is C32H33N3O2.